The highest BCUT2D eigenvalue weighted by Gasteiger charge is 2.32. The van der Waals surface area contributed by atoms with E-state index in [1.165, 1.54) is 0 Å². The van der Waals surface area contributed by atoms with E-state index >= 15 is 0 Å². The summed E-state index contributed by atoms with van der Waals surface area (Å²) in [5.74, 6) is 0. The zero-order valence-electron chi connectivity index (χ0n) is 13.2. The van der Waals surface area contributed by atoms with E-state index in [1.54, 1.807) is 13.0 Å². The lowest BCUT2D eigenvalue weighted by atomic mass is 10.1. The molecule has 0 radical (unpaired) electrons. The fourth-order valence-electron chi connectivity index (χ4n) is 1.50. The number of hydrogen-bond donors (Lipinski definition) is 0. The fourth-order valence-corrected chi connectivity index (χ4v) is 2.11. The molecule has 0 aromatic heterocycles. The van der Waals surface area contributed by atoms with Crippen molar-refractivity contribution in [3.63, 3.8) is 0 Å². The van der Waals surface area contributed by atoms with Crippen LogP contribution in [0.15, 0.2) is 15.7 Å². The summed E-state index contributed by atoms with van der Waals surface area (Å²) in [5.41, 5.74) is 1.63. The normalized spacial score (nSPS) is 12.3. The second-order valence-electron chi connectivity index (χ2n) is 5.64. The summed E-state index contributed by atoms with van der Waals surface area (Å²) in [7, 11) is -6.00. The predicted molar refractivity (Wildman–Crippen MR) is 84.0 cm³/mol. The number of azo groups is 1. The van der Waals surface area contributed by atoms with E-state index in [0.717, 1.165) is 11.1 Å². The third kappa shape index (κ3) is 7.92. The Bertz CT molecular complexity index is 644. The van der Waals surface area contributed by atoms with Gasteiger partial charge < -0.3 is 22.5 Å². The Labute approximate surface area is 139 Å². The maximum Gasteiger partial charge on any atom is 0.673 e. The Kier molecular flexibility index (Phi) is 7.15. The number of halogens is 5. The van der Waals surface area contributed by atoms with Crippen LogP contribution in [0.25, 0.3) is 4.98 Å². The first kappa shape index (κ1) is 21.3. The lowest BCUT2D eigenvalue weighted by Gasteiger charge is -2.10. The van der Waals surface area contributed by atoms with Crippen molar-refractivity contribution in [1.82, 2.24) is 0 Å². The molecule has 5 nitrogen and oxygen atoms in total. The van der Waals surface area contributed by atoms with E-state index in [4.69, 9.17) is 5.39 Å². The molecular weight excluding hydrogens is 383 g/mol. The summed E-state index contributed by atoms with van der Waals surface area (Å²) in [5, 5.41) is 25.2. The summed E-state index contributed by atoms with van der Waals surface area (Å²) in [6.07, 6.45) is 0. The zero-order chi connectivity index (χ0) is 18.6. The van der Waals surface area contributed by atoms with Gasteiger partial charge in [-0.1, -0.05) is 0 Å². The number of hydrogen-bond acceptors (Lipinski definition) is 3. The van der Waals surface area contributed by atoms with Gasteiger partial charge in [0.15, 0.2) is 4.98 Å². The molecule has 0 heterocycles. The summed E-state index contributed by atoms with van der Waals surface area (Å²) < 4.78 is 39.6. The third-order valence-electron chi connectivity index (χ3n) is 2.42. The Morgan fingerprint density at radius 3 is 2.04 bits per heavy atom. The molecule has 0 aliphatic heterocycles. The molecule has 128 valence electrons. The van der Waals surface area contributed by atoms with Gasteiger partial charge >= 0.3 is 18.6 Å². The molecule has 0 unspecified atom stereocenters. The highest BCUT2D eigenvalue weighted by molar-refractivity contribution is 9.10. The van der Waals surface area contributed by atoms with Crippen molar-refractivity contribution < 1.29 is 22.1 Å². The Morgan fingerprint density at radius 2 is 1.70 bits per heavy atom. The molecule has 0 saturated carbocycles. The van der Waals surface area contributed by atoms with Crippen LogP contribution in [-0.2, 0) is 0 Å². The van der Waals surface area contributed by atoms with Crippen LogP contribution in [0.5, 0.6) is 0 Å². The van der Waals surface area contributed by atoms with Crippen LogP contribution < -0.4 is 0 Å². The second-order valence-corrected chi connectivity index (χ2v) is 6.49. The molecule has 0 amide bonds. The minimum absolute atomic E-state index is 0.195. The van der Waals surface area contributed by atoms with E-state index in [0.29, 0.717) is 9.33 Å². The average Bonchev–Trinajstić information content (AvgIpc) is 2.28. The van der Waals surface area contributed by atoms with Gasteiger partial charge in [-0.2, -0.15) is 0 Å². The molecule has 0 spiro atoms. The Hall–Kier alpha value is -1.70. The minimum Gasteiger partial charge on any atom is -0.594 e. The van der Waals surface area contributed by atoms with Crippen LogP contribution in [0.4, 0.5) is 28.6 Å². The molecule has 0 atom stereocenters. The first-order valence-electron chi connectivity index (χ1n) is 6.39. The summed E-state index contributed by atoms with van der Waals surface area (Å²) >= 11 is 3.28. The molecule has 0 N–H and O–H groups in total. The largest absolute Gasteiger partial charge is 0.673 e. The maximum atomic E-state index is 12.1. The number of nitrogens with zero attached hydrogens (tertiary/aromatic N) is 4. The molecule has 0 bridgehead atoms. The highest BCUT2D eigenvalue weighted by Crippen LogP contribution is 2.40. The van der Waals surface area contributed by atoms with Gasteiger partial charge in [-0.25, -0.2) is 0 Å². The van der Waals surface area contributed by atoms with Gasteiger partial charge in [-0.15, -0.1) is 0 Å². The van der Waals surface area contributed by atoms with E-state index in [9.17, 15) is 22.5 Å². The molecule has 1 aromatic rings. The minimum atomic E-state index is -6.00. The Morgan fingerprint density at radius 1 is 1.26 bits per heavy atom. The van der Waals surface area contributed by atoms with E-state index in [-0.39, 0.29) is 11.4 Å². The van der Waals surface area contributed by atoms with Gasteiger partial charge in [-0.3, -0.25) is 0 Å². The van der Waals surface area contributed by atoms with E-state index in [2.05, 4.69) is 26.0 Å². The molecule has 23 heavy (non-hydrogen) atoms. The van der Waals surface area contributed by atoms with Gasteiger partial charge in [0.2, 0.25) is 5.39 Å². The average molecular weight is 399 g/mol. The second kappa shape index (κ2) is 7.72. The standard InChI is InChI=1S/C12H16BrN4O.BF4/c1-7-6-9(13)10(15-14)11(8(7)2)17(18)16-12(3,4)5;2-1(3,4)5/h6H,1-5H3;/q+1;-1. The first-order valence-corrected chi connectivity index (χ1v) is 7.19. The van der Waals surface area contributed by atoms with Crippen LogP contribution in [0, 0.1) is 24.4 Å². The Balaban J connectivity index is 0.000000841. The molecule has 11 heteroatoms. The van der Waals surface area contributed by atoms with Crippen LogP contribution in [0.1, 0.15) is 31.9 Å². The van der Waals surface area contributed by atoms with Crippen molar-refractivity contribution in [3.05, 3.63) is 31.8 Å². The highest BCUT2D eigenvalue weighted by atomic mass is 79.9. The molecule has 0 aliphatic rings. The smallest absolute Gasteiger partial charge is 0.594 e. The summed E-state index contributed by atoms with van der Waals surface area (Å²) in [4.78, 5) is 3.70. The van der Waals surface area contributed by atoms with Gasteiger partial charge in [0.1, 0.15) is 10.0 Å². The van der Waals surface area contributed by atoms with Crippen molar-refractivity contribution >= 4 is 34.6 Å². The van der Waals surface area contributed by atoms with Crippen molar-refractivity contribution in [2.24, 2.45) is 5.11 Å². The topological polar surface area (TPSA) is 66.6 Å². The zero-order valence-corrected chi connectivity index (χ0v) is 14.8. The van der Waals surface area contributed by atoms with Crippen molar-refractivity contribution in [1.29, 1.82) is 5.39 Å². The van der Waals surface area contributed by atoms with Gasteiger partial charge in [0.25, 0.3) is 0 Å². The number of rotatable bonds is 1. The summed E-state index contributed by atoms with van der Waals surface area (Å²) in [6.45, 7) is 9.17. The van der Waals surface area contributed by atoms with Crippen LogP contribution in [0.3, 0.4) is 0 Å². The van der Waals surface area contributed by atoms with E-state index < -0.39 is 12.8 Å². The van der Waals surface area contributed by atoms with Crippen LogP contribution in [0.2, 0.25) is 0 Å². The maximum absolute atomic E-state index is 12.1. The number of benzene rings is 1. The van der Waals surface area contributed by atoms with Crippen molar-refractivity contribution in [2.75, 3.05) is 0 Å². The molecule has 1 aromatic carbocycles. The number of aryl methyl sites for hydroxylation is 1. The lowest BCUT2D eigenvalue weighted by Crippen LogP contribution is -2.13. The fraction of sp³-hybridized carbons (Fsp3) is 0.500. The van der Waals surface area contributed by atoms with Crippen molar-refractivity contribution in [2.45, 2.75) is 40.2 Å². The van der Waals surface area contributed by atoms with Crippen molar-refractivity contribution in [3.8, 4) is 0 Å². The number of diazo groups is 1. The predicted octanol–water partition coefficient (Wildman–Crippen LogP) is 6.24. The first-order chi connectivity index (χ1) is 10.2. The van der Waals surface area contributed by atoms with Gasteiger partial charge in [0, 0.05) is 5.56 Å². The molecule has 0 fully saturated rings. The molecule has 1 rings (SSSR count). The van der Waals surface area contributed by atoms with E-state index in [1.807, 2.05) is 27.7 Å². The quantitative estimate of drug-likeness (QED) is 0.140. The third-order valence-corrected chi connectivity index (χ3v) is 3.03. The van der Waals surface area contributed by atoms with Gasteiger partial charge in [0.05, 0.1) is 0 Å². The van der Waals surface area contributed by atoms with Crippen LogP contribution in [-0.4, -0.2) is 17.7 Å². The SMILES string of the molecule is Cc1cc(Br)c([N+]#N)c([N+]([O-])=NC(C)(C)C)c1C.F[B-](F)(F)F. The monoisotopic (exact) mass is 398 g/mol. The van der Waals surface area contributed by atoms with Gasteiger partial charge in [-0.05, 0) is 72.2 Å². The lowest BCUT2D eigenvalue weighted by molar-refractivity contribution is -0.449. The summed E-state index contributed by atoms with van der Waals surface area (Å²) in [6, 6.07) is 1.80. The van der Waals surface area contributed by atoms with Crippen LogP contribution >= 0.6 is 15.9 Å². The molecule has 0 aliphatic carbocycles. The molecule has 0 saturated heterocycles. The molecular formula is C12H16BBrF4N4O.